The third kappa shape index (κ3) is 3.09. The molecule has 30 heavy (non-hydrogen) atoms. The Morgan fingerprint density at radius 2 is 1.50 bits per heavy atom. The zero-order valence-electron chi connectivity index (χ0n) is 17.8. The summed E-state index contributed by atoms with van der Waals surface area (Å²) in [4.78, 5) is 0. The molecular weight excluding hydrogens is 370 g/mol. The molecule has 0 aromatic heterocycles. The second-order valence-electron chi connectivity index (χ2n) is 8.50. The minimum absolute atomic E-state index is 0.143. The van der Waals surface area contributed by atoms with E-state index in [1.165, 1.54) is 47.1 Å². The van der Waals surface area contributed by atoms with Gasteiger partial charge in [-0.25, -0.2) is 0 Å². The van der Waals surface area contributed by atoms with E-state index in [1.54, 1.807) is 14.2 Å². The van der Waals surface area contributed by atoms with Crippen LogP contribution in [0.15, 0.2) is 66.7 Å². The van der Waals surface area contributed by atoms with Crippen LogP contribution in [0.1, 0.15) is 42.0 Å². The Morgan fingerprint density at radius 3 is 2.13 bits per heavy atom. The summed E-state index contributed by atoms with van der Waals surface area (Å²) < 4.78 is 11.2. The van der Waals surface area contributed by atoms with Crippen LogP contribution in [0.3, 0.4) is 0 Å². The van der Waals surface area contributed by atoms with Crippen LogP contribution in [0.4, 0.5) is 0 Å². The van der Waals surface area contributed by atoms with Crippen LogP contribution in [0.2, 0.25) is 0 Å². The van der Waals surface area contributed by atoms with E-state index in [0.29, 0.717) is 6.04 Å². The van der Waals surface area contributed by atoms with Gasteiger partial charge in [0.1, 0.15) is 0 Å². The molecule has 0 bridgehead atoms. The van der Waals surface area contributed by atoms with Gasteiger partial charge in [-0.2, -0.15) is 0 Å². The maximum atomic E-state index is 5.63. The molecule has 154 valence electrons. The van der Waals surface area contributed by atoms with Crippen molar-refractivity contribution in [3.63, 3.8) is 0 Å². The zero-order chi connectivity index (χ0) is 20.6. The first kappa shape index (κ1) is 19.2. The largest absolute Gasteiger partial charge is 0.493 e. The summed E-state index contributed by atoms with van der Waals surface area (Å²) in [5.74, 6) is 1.64. The fourth-order valence-corrected chi connectivity index (χ4v) is 5.30. The number of benzene rings is 3. The highest BCUT2D eigenvalue weighted by atomic mass is 16.5. The van der Waals surface area contributed by atoms with Crippen molar-refractivity contribution in [3.8, 4) is 22.6 Å². The van der Waals surface area contributed by atoms with E-state index in [2.05, 4.69) is 72.0 Å². The predicted molar refractivity (Wildman–Crippen MR) is 121 cm³/mol. The van der Waals surface area contributed by atoms with Crippen LogP contribution in [0.25, 0.3) is 11.1 Å². The van der Waals surface area contributed by atoms with Crippen LogP contribution in [-0.4, -0.2) is 20.8 Å². The fourth-order valence-electron chi connectivity index (χ4n) is 5.30. The second kappa shape index (κ2) is 7.81. The summed E-state index contributed by atoms with van der Waals surface area (Å²) in [6.45, 7) is 0.997. The van der Waals surface area contributed by atoms with E-state index in [0.717, 1.165) is 24.5 Å². The van der Waals surface area contributed by atoms with Gasteiger partial charge >= 0.3 is 0 Å². The van der Waals surface area contributed by atoms with E-state index in [4.69, 9.17) is 9.47 Å². The van der Waals surface area contributed by atoms with Gasteiger partial charge in [0.15, 0.2) is 11.5 Å². The van der Waals surface area contributed by atoms with E-state index in [9.17, 15) is 0 Å². The fraction of sp³-hybridized carbons (Fsp3) is 0.333. The minimum Gasteiger partial charge on any atom is -0.493 e. The average molecular weight is 400 g/mol. The monoisotopic (exact) mass is 399 g/mol. The molecule has 2 aliphatic rings. The SMILES string of the molecule is COc1cc2c(cc1OC)C(C1(c3ccc(-c4ccccc4)cc3)CCC1)NCC2. The summed E-state index contributed by atoms with van der Waals surface area (Å²) >= 11 is 0. The Balaban J connectivity index is 1.53. The van der Waals surface area contributed by atoms with Gasteiger partial charge in [-0.1, -0.05) is 61.0 Å². The Hall–Kier alpha value is -2.78. The van der Waals surface area contributed by atoms with Crippen molar-refractivity contribution in [2.24, 2.45) is 0 Å². The quantitative estimate of drug-likeness (QED) is 0.599. The van der Waals surface area contributed by atoms with Gasteiger partial charge in [0.2, 0.25) is 0 Å². The Labute approximate surface area is 179 Å². The molecule has 1 saturated carbocycles. The maximum absolute atomic E-state index is 5.63. The van der Waals surface area contributed by atoms with Gasteiger partial charge in [0.25, 0.3) is 0 Å². The standard InChI is InChI=1S/C27H29NO2/c1-29-24-17-21-13-16-28-26(23(21)18-25(24)30-2)27(14-6-15-27)22-11-9-20(10-12-22)19-7-4-3-5-8-19/h3-5,7-12,17-18,26,28H,6,13-16H2,1-2H3. The lowest BCUT2D eigenvalue weighted by molar-refractivity contribution is 0.164. The first-order chi connectivity index (χ1) is 14.7. The number of fused-ring (bicyclic) bond motifs is 1. The molecule has 0 radical (unpaired) electrons. The first-order valence-electron chi connectivity index (χ1n) is 10.9. The highest BCUT2D eigenvalue weighted by Crippen LogP contribution is 2.54. The highest BCUT2D eigenvalue weighted by molar-refractivity contribution is 5.64. The van der Waals surface area contributed by atoms with E-state index in [1.807, 2.05) is 0 Å². The molecule has 1 unspecified atom stereocenters. The molecule has 1 N–H and O–H groups in total. The van der Waals surface area contributed by atoms with E-state index < -0.39 is 0 Å². The molecule has 5 rings (SSSR count). The third-order valence-electron chi connectivity index (χ3n) is 7.06. The molecule has 0 saturated heterocycles. The minimum atomic E-state index is 0.143. The van der Waals surface area contributed by atoms with Crippen LogP contribution >= 0.6 is 0 Å². The molecule has 3 aromatic rings. The van der Waals surface area contributed by atoms with Crippen molar-refractivity contribution < 1.29 is 9.47 Å². The summed E-state index contributed by atoms with van der Waals surface area (Å²) in [6.07, 6.45) is 4.72. The number of ether oxygens (including phenoxy) is 2. The van der Waals surface area contributed by atoms with Gasteiger partial charge in [-0.15, -0.1) is 0 Å². The van der Waals surface area contributed by atoms with Gasteiger partial charge < -0.3 is 14.8 Å². The lowest BCUT2D eigenvalue weighted by Crippen LogP contribution is -2.49. The number of hydrogen-bond acceptors (Lipinski definition) is 3. The smallest absolute Gasteiger partial charge is 0.161 e. The lowest BCUT2D eigenvalue weighted by Gasteiger charge is -2.50. The van der Waals surface area contributed by atoms with Crippen LogP contribution in [0, 0.1) is 0 Å². The third-order valence-corrected chi connectivity index (χ3v) is 7.06. The van der Waals surface area contributed by atoms with Gasteiger partial charge in [0.05, 0.1) is 14.2 Å². The molecule has 3 aromatic carbocycles. The molecule has 3 heteroatoms. The summed E-state index contributed by atoms with van der Waals surface area (Å²) in [6, 6.07) is 24.5. The summed E-state index contributed by atoms with van der Waals surface area (Å²) in [7, 11) is 3.43. The molecule has 1 heterocycles. The number of nitrogens with one attached hydrogen (secondary N) is 1. The summed E-state index contributed by atoms with van der Waals surface area (Å²) in [5.41, 5.74) is 6.87. The normalized spacial score (nSPS) is 19.5. The average Bonchev–Trinajstić information content (AvgIpc) is 2.78. The molecule has 1 fully saturated rings. The number of methoxy groups -OCH3 is 2. The van der Waals surface area contributed by atoms with Gasteiger partial charge in [-0.05, 0) is 65.8 Å². The first-order valence-corrected chi connectivity index (χ1v) is 10.9. The van der Waals surface area contributed by atoms with Crippen LogP contribution in [-0.2, 0) is 11.8 Å². The van der Waals surface area contributed by atoms with Crippen molar-refractivity contribution in [1.29, 1.82) is 0 Å². The molecule has 1 atom stereocenters. The van der Waals surface area contributed by atoms with Crippen molar-refractivity contribution in [1.82, 2.24) is 5.32 Å². The molecule has 1 aliphatic heterocycles. The van der Waals surface area contributed by atoms with Crippen molar-refractivity contribution in [2.45, 2.75) is 37.1 Å². The van der Waals surface area contributed by atoms with Gasteiger partial charge in [-0.3, -0.25) is 0 Å². The van der Waals surface area contributed by atoms with E-state index >= 15 is 0 Å². The van der Waals surface area contributed by atoms with E-state index in [-0.39, 0.29) is 5.41 Å². The Kier molecular flexibility index (Phi) is 5.00. The molecule has 0 amide bonds. The molecule has 1 aliphatic carbocycles. The lowest BCUT2D eigenvalue weighted by atomic mass is 9.57. The van der Waals surface area contributed by atoms with Crippen molar-refractivity contribution in [3.05, 3.63) is 83.4 Å². The Bertz CT molecular complexity index is 1020. The van der Waals surface area contributed by atoms with Crippen molar-refractivity contribution in [2.75, 3.05) is 20.8 Å². The van der Waals surface area contributed by atoms with Crippen LogP contribution < -0.4 is 14.8 Å². The van der Waals surface area contributed by atoms with Crippen molar-refractivity contribution >= 4 is 0 Å². The van der Waals surface area contributed by atoms with Crippen LogP contribution in [0.5, 0.6) is 11.5 Å². The van der Waals surface area contributed by atoms with Gasteiger partial charge in [0, 0.05) is 11.5 Å². The molecule has 0 spiro atoms. The number of hydrogen-bond donors (Lipinski definition) is 1. The zero-order valence-corrected chi connectivity index (χ0v) is 17.8. The maximum Gasteiger partial charge on any atom is 0.161 e. The molecule has 3 nitrogen and oxygen atoms in total. The Morgan fingerprint density at radius 1 is 0.833 bits per heavy atom. The second-order valence-corrected chi connectivity index (χ2v) is 8.50. The predicted octanol–water partition coefficient (Wildman–Crippen LogP) is 5.68. The highest BCUT2D eigenvalue weighted by Gasteiger charge is 2.47. The number of rotatable bonds is 5. The topological polar surface area (TPSA) is 30.5 Å². The summed E-state index contributed by atoms with van der Waals surface area (Å²) in [5, 5.41) is 3.86. The molecular formula is C27H29NO2.